The number of likely N-dealkylation sites (tertiary alicyclic amines) is 1. The van der Waals surface area contributed by atoms with E-state index >= 15 is 0 Å². The first-order chi connectivity index (χ1) is 9.63. The molecule has 20 heavy (non-hydrogen) atoms. The van der Waals surface area contributed by atoms with Crippen LogP contribution in [0.3, 0.4) is 0 Å². The molecule has 0 aliphatic carbocycles. The molecule has 1 aliphatic rings. The molecular weight excluding hydrogens is 268 g/mol. The number of carbonyl (C=O) groups excluding carboxylic acids is 1. The SMILES string of the molecule is CCC1CCCCCN1C(=O)c1cccc(C(N)=S)c1. The van der Waals surface area contributed by atoms with Gasteiger partial charge in [-0.15, -0.1) is 0 Å². The zero-order valence-electron chi connectivity index (χ0n) is 12.0. The molecule has 2 rings (SSSR count). The predicted molar refractivity (Wildman–Crippen MR) is 85.9 cm³/mol. The summed E-state index contributed by atoms with van der Waals surface area (Å²) in [7, 11) is 0. The molecule has 4 heteroatoms. The maximum atomic E-state index is 12.7. The van der Waals surface area contributed by atoms with Crippen LogP contribution in [0.2, 0.25) is 0 Å². The molecule has 108 valence electrons. The second-order valence-corrected chi connectivity index (χ2v) is 5.79. The fourth-order valence-corrected chi connectivity index (χ4v) is 2.97. The molecule has 0 aromatic heterocycles. The van der Waals surface area contributed by atoms with Crippen LogP contribution in [0.25, 0.3) is 0 Å². The Hall–Kier alpha value is -1.42. The van der Waals surface area contributed by atoms with Gasteiger partial charge in [-0.25, -0.2) is 0 Å². The van der Waals surface area contributed by atoms with E-state index in [1.54, 1.807) is 0 Å². The fraction of sp³-hybridized carbons (Fsp3) is 0.500. The van der Waals surface area contributed by atoms with E-state index in [1.807, 2.05) is 29.2 Å². The Bertz CT molecular complexity index is 501. The van der Waals surface area contributed by atoms with Crippen LogP contribution in [0.5, 0.6) is 0 Å². The highest BCUT2D eigenvalue weighted by molar-refractivity contribution is 7.80. The molecule has 0 radical (unpaired) electrons. The molecule has 1 atom stereocenters. The van der Waals surface area contributed by atoms with Crippen molar-refractivity contribution in [3.05, 3.63) is 35.4 Å². The number of amides is 1. The number of thiocarbonyl (C=S) groups is 1. The average Bonchev–Trinajstić information content (AvgIpc) is 2.71. The summed E-state index contributed by atoms with van der Waals surface area (Å²) >= 11 is 4.99. The van der Waals surface area contributed by atoms with Gasteiger partial charge in [0.05, 0.1) is 0 Å². The number of benzene rings is 1. The highest BCUT2D eigenvalue weighted by Gasteiger charge is 2.25. The van der Waals surface area contributed by atoms with Crippen molar-refractivity contribution < 1.29 is 4.79 Å². The van der Waals surface area contributed by atoms with E-state index in [1.165, 1.54) is 12.8 Å². The minimum Gasteiger partial charge on any atom is -0.389 e. The Balaban J connectivity index is 2.24. The molecule has 1 aromatic carbocycles. The first kappa shape index (κ1) is 15.0. The Morgan fingerprint density at radius 3 is 2.80 bits per heavy atom. The molecule has 1 heterocycles. The summed E-state index contributed by atoms with van der Waals surface area (Å²) in [6, 6.07) is 7.71. The minimum atomic E-state index is 0.108. The van der Waals surface area contributed by atoms with Crippen molar-refractivity contribution in [2.24, 2.45) is 5.73 Å². The summed E-state index contributed by atoms with van der Waals surface area (Å²) in [5, 5.41) is 0. The van der Waals surface area contributed by atoms with Crippen LogP contribution >= 0.6 is 12.2 Å². The van der Waals surface area contributed by atoms with Gasteiger partial charge < -0.3 is 10.6 Å². The van der Waals surface area contributed by atoms with Crippen molar-refractivity contribution in [2.45, 2.75) is 45.1 Å². The van der Waals surface area contributed by atoms with E-state index in [4.69, 9.17) is 18.0 Å². The highest BCUT2D eigenvalue weighted by Crippen LogP contribution is 2.21. The van der Waals surface area contributed by atoms with Crippen LogP contribution in [-0.4, -0.2) is 28.4 Å². The highest BCUT2D eigenvalue weighted by atomic mass is 32.1. The van der Waals surface area contributed by atoms with E-state index in [9.17, 15) is 4.79 Å². The van der Waals surface area contributed by atoms with Gasteiger partial charge in [0, 0.05) is 23.7 Å². The third-order valence-corrected chi connectivity index (χ3v) is 4.24. The lowest BCUT2D eigenvalue weighted by atomic mass is 10.1. The van der Waals surface area contributed by atoms with Gasteiger partial charge in [-0.2, -0.15) is 0 Å². The first-order valence-electron chi connectivity index (χ1n) is 7.34. The first-order valence-corrected chi connectivity index (χ1v) is 7.75. The third-order valence-electron chi connectivity index (χ3n) is 4.00. The molecule has 0 saturated carbocycles. The molecule has 1 aliphatic heterocycles. The molecule has 0 spiro atoms. The number of nitrogens with two attached hydrogens (primary N) is 1. The number of rotatable bonds is 3. The van der Waals surface area contributed by atoms with Crippen molar-refractivity contribution in [3.8, 4) is 0 Å². The standard InChI is InChI=1S/C16H22N2OS/c1-2-14-9-4-3-5-10-18(14)16(19)13-8-6-7-12(11-13)15(17)20/h6-8,11,14H,2-5,9-10H2,1H3,(H2,17,20). The topological polar surface area (TPSA) is 46.3 Å². The maximum Gasteiger partial charge on any atom is 0.254 e. The second kappa shape index (κ2) is 6.84. The molecule has 1 fully saturated rings. The van der Waals surface area contributed by atoms with Crippen LogP contribution in [-0.2, 0) is 0 Å². The van der Waals surface area contributed by atoms with E-state index < -0.39 is 0 Å². The third kappa shape index (κ3) is 3.37. The molecule has 3 nitrogen and oxygen atoms in total. The van der Waals surface area contributed by atoms with Gasteiger partial charge in [0.2, 0.25) is 0 Å². The van der Waals surface area contributed by atoms with Gasteiger partial charge in [-0.1, -0.05) is 44.1 Å². The lowest BCUT2D eigenvalue weighted by Crippen LogP contribution is -2.39. The molecule has 1 saturated heterocycles. The van der Waals surface area contributed by atoms with Crippen LogP contribution in [0.15, 0.2) is 24.3 Å². The van der Waals surface area contributed by atoms with Gasteiger partial charge in [0.15, 0.2) is 0 Å². The van der Waals surface area contributed by atoms with Crippen LogP contribution in [0, 0.1) is 0 Å². The van der Waals surface area contributed by atoms with Gasteiger partial charge >= 0.3 is 0 Å². The van der Waals surface area contributed by atoms with Crippen LogP contribution in [0.1, 0.15) is 54.9 Å². The molecule has 1 amide bonds. The summed E-state index contributed by atoms with van der Waals surface area (Å²) in [4.78, 5) is 15.1. The normalized spacial score (nSPS) is 19.4. The van der Waals surface area contributed by atoms with Crippen molar-refractivity contribution in [1.29, 1.82) is 0 Å². The van der Waals surface area contributed by atoms with E-state index in [0.717, 1.165) is 31.4 Å². The smallest absolute Gasteiger partial charge is 0.254 e. The number of nitrogens with zero attached hydrogens (tertiary/aromatic N) is 1. The van der Waals surface area contributed by atoms with E-state index in [-0.39, 0.29) is 5.91 Å². The number of hydrogen-bond acceptors (Lipinski definition) is 2. The monoisotopic (exact) mass is 290 g/mol. The van der Waals surface area contributed by atoms with Crippen molar-refractivity contribution in [2.75, 3.05) is 6.54 Å². The molecule has 1 aromatic rings. The molecule has 0 bridgehead atoms. The van der Waals surface area contributed by atoms with E-state index in [2.05, 4.69) is 6.92 Å². The van der Waals surface area contributed by atoms with Gasteiger partial charge in [0.25, 0.3) is 5.91 Å². The summed E-state index contributed by atoms with van der Waals surface area (Å²) in [6.07, 6.45) is 5.65. The summed E-state index contributed by atoms with van der Waals surface area (Å²) in [5.74, 6) is 0.108. The largest absolute Gasteiger partial charge is 0.389 e. The number of carbonyl (C=O) groups is 1. The minimum absolute atomic E-state index is 0.108. The zero-order chi connectivity index (χ0) is 14.5. The van der Waals surface area contributed by atoms with Crippen molar-refractivity contribution >= 4 is 23.1 Å². The lowest BCUT2D eigenvalue weighted by Gasteiger charge is -2.29. The fourth-order valence-electron chi connectivity index (χ4n) is 2.84. The Morgan fingerprint density at radius 2 is 2.10 bits per heavy atom. The number of hydrogen-bond donors (Lipinski definition) is 1. The van der Waals surface area contributed by atoms with Gasteiger partial charge in [-0.05, 0) is 31.4 Å². The maximum absolute atomic E-state index is 12.7. The summed E-state index contributed by atoms with van der Waals surface area (Å²) < 4.78 is 0. The van der Waals surface area contributed by atoms with E-state index in [0.29, 0.717) is 16.6 Å². The summed E-state index contributed by atoms with van der Waals surface area (Å²) in [5.41, 5.74) is 7.09. The Kier molecular flexibility index (Phi) is 5.12. The van der Waals surface area contributed by atoms with Crippen molar-refractivity contribution in [1.82, 2.24) is 4.90 Å². The Morgan fingerprint density at radius 1 is 1.35 bits per heavy atom. The summed E-state index contributed by atoms with van der Waals surface area (Å²) in [6.45, 7) is 3.01. The Labute approximate surface area is 126 Å². The molecular formula is C16H22N2OS. The molecule has 1 unspecified atom stereocenters. The molecule has 2 N–H and O–H groups in total. The average molecular weight is 290 g/mol. The van der Waals surface area contributed by atoms with Gasteiger partial charge in [0.1, 0.15) is 4.99 Å². The van der Waals surface area contributed by atoms with Crippen molar-refractivity contribution in [3.63, 3.8) is 0 Å². The zero-order valence-corrected chi connectivity index (χ0v) is 12.8. The van der Waals surface area contributed by atoms with Crippen LogP contribution in [0.4, 0.5) is 0 Å². The lowest BCUT2D eigenvalue weighted by molar-refractivity contribution is 0.0678. The predicted octanol–water partition coefficient (Wildman–Crippen LogP) is 3.12. The van der Waals surface area contributed by atoms with Crippen LogP contribution < -0.4 is 5.73 Å². The van der Waals surface area contributed by atoms with Gasteiger partial charge in [-0.3, -0.25) is 4.79 Å². The second-order valence-electron chi connectivity index (χ2n) is 5.36. The quantitative estimate of drug-likeness (QED) is 0.870.